The van der Waals surface area contributed by atoms with Crippen molar-refractivity contribution in [2.45, 2.75) is 10.1 Å². The second-order valence-electron chi connectivity index (χ2n) is 8.03. The molecule has 0 radical (unpaired) electrons. The number of nitrogens with one attached hydrogen (secondary N) is 2. The largest absolute Gasteiger partial charge is 0.478 e. The van der Waals surface area contributed by atoms with Crippen LogP contribution >= 0.6 is 11.8 Å². The van der Waals surface area contributed by atoms with Gasteiger partial charge in [0, 0.05) is 28.4 Å². The van der Waals surface area contributed by atoms with Crippen LogP contribution in [-0.2, 0) is 4.79 Å². The molecule has 0 fully saturated rings. The Morgan fingerprint density at radius 2 is 1.29 bits per heavy atom. The van der Waals surface area contributed by atoms with E-state index in [2.05, 4.69) is 10.6 Å². The minimum Gasteiger partial charge on any atom is -0.478 e. The highest BCUT2D eigenvalue weighted by Crippen LogP contribution is 2.37. The minimum absolute atomic E-state index is 0.0468. The molecule has 0 bridgehead atoms. The molecule has 0 saturated heterocycles. The lowest BCUT2D eigenvalue weighted by Gasteiger charge is -2.17. The number of nitrogens with zero attached hydrogens (tertiary/aromatic N) is 1. The normalized spacial score (nSPS) is 11.3. The summed E-state index contributed by atoms with van der Waals surface area (Å²) >= 11 is 1.30. The highest BCUT2D eigenvalue weighted by atomic mass is 32.2. The van der Waals surface area contributed by atoms with Crippen LogP contribution in [0.2, 0.25) is 0 Å². The number of aromatic carboxylic acids is 1. The summed E-state index contributed by atoms with van der Waals surface area (Å²) in [5.41, 5.74) is 1.54. The topological polar surface area (TPSA) is 139 Å². The van der Waals surface area contributed by atoms with Crippen LogP contribution in [0.1, 0.15) is 31.5 Å². The lowest BCUT2D eigenvalue weighted by molar-refractivity contribution is -0.384. The van der Waals surface area contributed by atoms with E-state index < -0.39 is 22.0 Å². The van der Waals surface area contributed by atoms with Gasteiger partial charge < -0.3 is 15.7 Å². The van der Waals surface area contributed by atoms with Crippen molar-refractivity contribution in [2.75, 3.05) is 10.6 Å². The number of carboxylic acid groups (broad SMARTS) is 1. The molecule has 10 heteroatoms. The van der Waals surface area contributed by atoms with Crippen LogP contribution in [-0.4, -0.2) is 27.8 Å². The van der Waals surface area contributed by atoms with Crippen molar-refractivity contribution in [3.05, 3.63) is 130 Å². The molecule has 4 aromatic carbocycles. The Labute approximate surface area is 221 Å². The van der Waals surface area contributed by atoms with Gasteiger partial charge in [0.25, 0.3) is 11.6 Å². The van der Waals surface area contributed by atoms with Crippen molar-refractivity contribution >= 4 is 46.6 Å². The third-order valence-corrected chi connectivity index (χ3v) is 6.72. The fraction of sp³-hybridized carbons (Fsp3) is 0.0357. The summed E-state index contributed by atoms with van der Waals surface area (Å²) in [6.45, 7) is 0. The van der Waals surface area contributed by atoms with Gasteiger partial charge in [-0.1, -0.05) is 42.5 Å². The zero-order valence-electron chi connectivity index (χ0n) is 19.7. The van der Waals surface area contributed by atoms with E-state index in [0.717, 1.165) is 10.5 Å². The van der Waals surface area contributed by atoms with Gasteiger partial charge in [0.15, 0.2) is 0 Å². The number of carbonyl (C=O) groups excluding carboxylic acids is 2. The molecule has 0 spiro atoms. The number of amides is 2. The first-order valence-electron chi connectivity index (χ1n) is 11.3. The number of nitro groups is 1. The van der Waals surface area contributed by atoms with Gasteiger partial charge >= 0.3 is 5.97 Å². The van der Waals surface area contributed by atoms with E-state index in [4.69, 9.17) is 0 Å². The number of rotatable bonds is 9. The zero-order valence-corrected chi connectivity index (χ0v) is 20.6. The number of hydrogen-bond acceptors (Lipinski definition) is 6. The highest BCUT2D eigenvalue weighted by molar-refractivity contribution is 8.00. The Kier molecular flexibility index (Phi) is 8.14. The van der Waals surface area contributed by atoms with E-state index in [1.54, 1.807) is 36.4 Å². The predicted octanol–water partition coefficient (Wildman–Crippen LogP) is 6.02. The van der Waals surface area contributed by atoms with E-state index in [-0.39, 0.29) is 22.7 Å². The SMILES string of the molecule is O=C(O)c1ccccc1C(=O)Nc1ccc(SC(C(=O)Nc2ccc([N+](=O)[O-])cc2)c2ccccc2)cc1. The summed E-state index contributed by atoms with van der Waals surface area (Å²) in [4.78, 5) is 48.4. The quantitative estimate of drug-likeness (QED) is 0.137. The summed E-state index contributed by atoms with van der Waals surface area (Å²) in [6, 6.07) is 27.5. The molecule has 190 valence electrons. The molecule has 0 heterocycles. The molecule has 0 aliphatic rings. The van der Waals surface area contributed by atoms with E-state index in [1.165, 1.54) is 48.2 Å². The van der Waals surface area contributed by atoms with Crippen LogP contribution in [0, 0.1) is 10.1 Å². The number of benzene rings is 4. The summed E-state index contributed by atoms with van der Waals surface area (Å²) in [6.07, 6.45) is 0. The monoisotopic (exact) mass is 527 g/mol. The molecule has 0 aliphatic carbocycles. The van der Waals surface area contributed by atoms with Crippen molar-refractivity contribution in [1.82, 2.24) is 0 Å². The molecule has 0 saturated carbocycles. The third kappa shape index (κ3) is 6.42. The Bertz CT molecular complexity index is 1470. The number of hydrogen-bond donors (Lipinski definition) is 3. The molecular weight excluding hydrogens is 506 g/mol. The summed E-state index contributed by atoms with van der Waals surface area (Å²) in [7, 11) is 0. The standard InChI is InChI=1S/C28H21N3O6S/c32-26(23-8-4-5-9-24(23)28(34)35)29-20-12-16-22(17-13-20)38-25(18-6-2-1-3-7-18)27(33)30-19-10-14-21(15-11-19)31(36)37/h1-17,25H,(H,29,32)(H,30,33)(H,34,35). The fourth-order valence-corrected chi connectivity index (χ4v) is 4.62. The molecule has 4 aromatic rings. The average Bonchev–Trinajstić information content (AvgIpc) is 2.93. The van der Waals surface area contributed by atoms with Crippen molar-refractivity contribution < 1.29 is 24.4 Å². The van der Waals surface area contributed by atoms with Gasteiger partial charge in [-0.05, 0) is 54.1 Å². The van der Waals surface area contributed by atoms with Crippen molar-refractivity contribution in [1.29, 1.82) is 0 Å². The average molecular weight is 528 g/mol. The molecular formula is C28H21N3O6S. The number of carboxylic acids is 1. The lowest BCUT2D eigenvalue weighted by atomic mass is 10.1. The molecule has 0 aromatic heterocycles. The van der Waals surface area contributed by atoms with Crippen LogP contribution < -0.4 is 10.6 Å². The maximum atomic E-state index is 13.2. The maximum Gasteiger partial charge on any atom is 0.336 e. The van der Waals surface area contributed by atoms with Crippen LogP contribution in [0.3, 0.4) is 0 Å². The van der Waals surface area contributed by atoms with Gasteiger partial charge in [-0.25, -0.2) is 4.79 Å². The van der Waals surface area contributed by atoms with Gasteiger partial charge in [-0.2, -0.15) is 0 Å². The number of anilines is 2. The van der Waals surface area contributed by atoms with Gasteiger partial charge in [0.05, 0.1) is 16.1 Å². The molecule has 9 nitrogen and oxygen atoms in total. The smallest absolute Gasteiger partial charge is 0.336 e. The lowest BCUT2D eigenvalue weighted by Crippen LogP contribution is -2.19. The van der Waals surface area contributed by atoms with E-state index in [1.807, 2.05) is 30.3 Å². The van der Waals surface area contributed by atoms with E-state index >= 15 is 0 Å². The maximum absolute atomic E-state index is 13.2. The molecule has 4 rings (SSSR count). The Balaban J connectivity index is 1.49. The minimum atomic E-state index is -1.19. The van der Waals surface area contributed by atoms with Crippen LogP contribution in [0.15, 0.2) is 108 Å². The van der Waals surface area contributed by atoms with Gasteiger partial charge in [-0.3, -0.25) is 19.7 Å². The summed E-state index contributed by atoms with van der Waals surface area (Å²) in [5, 5.41) is 25.1. The second-order valence-corrected chi connectivity index (χ2v) is 9.21. The van der Waals surface area contributed by atoms with Crippen LogP contribution in [0.5, 0.6) is 0 Å². The third-order valence-electron chi connectivity index (χ3n) is 5.45. The molecule has 38 heavy (non-hydrogen) atoms. The summed E-state index contributed by atoms with van der Waals surface area (Å²) < 4.78 is 0. The van der Waals surface area contributed by atoms with Crippen molar-refractivity contribution in [3.63, 3.8) is 0 Å². The summed E-state index contributed by atoms with van der Waals surface area (Å²) in [5.74, 6) is -2.05. The van der Waals surface area contributed by atoms with E-state index in [0.29, 0.717) is 11.4 Å². The number of nitro benzene ring substituents is 1. The van der Waals surface area contributed by atoms with E-state index in [9.17, 15) is 29.6 Å². The fourth-order valence-electron chi connectivity index (χ4n) is 3.59. The Morgan fingerprint density at radius 1 is 0.737 bits per heavy atom. The molecule has 3 N–H and O–H groups in total. The highest BCUT2D eigenvalue weighted by Gasteiger charge is 2.23. The van der Waals surface area contributed by atoms with Gasteiger partial charge in [-0.15, -0.1) is 11.8 Å². The first-order valence-corrected chi connectivity index (χ1v) is 12.2. The molecule has 2 amide bonds. The second kappa shape index (κ2) is 11.8. The Morgan fingerprint density at radius 3 is 1.89 bits per heavy atom. The predicted molar refractivity (Wildman–Crippen MR) is 145 cm³/mol. The van der Waals surface area contributed by atoms with Crippen molar-refractivity contribution in [3.8, 4) is 0 Å². The van der Waals surface area contributed by atoms with Crippen LogP contribution in [0.25, 0.3) is 0 Å². The van der Waals surface area contributed by atoms with Gasteiger partial charge in [0.2, 0.25) is 5.91 Å². The molecule has 0 aliphatic heterocycles. The zero-order chi connectivity index (χ0) is 27.1. The first kappa shape index (κ1) is 26.1. The Hall–Kier alpha value is -4.96. The number of thioether (sulfide) groups is 1. The van der Waals surface area contributed by atoms with Gasteiger partial charge in [0.1, 0.15) is 5.25 Å². The van der Waals surface area contributed by atoms with Crippen LogP contribution in [0.4, 0.5) is 17.1 Å². The first-order chi connectivity index (χ1) is 18.3. The van der Waals surface area contributed by atoms with Crippen molar-refractivity contribution in [2.24, 2.45) is 0 Å². The number of carbonyl (C=O) groups is 3. The number of non-ortho nitro benzene ring substituents is 1. The molecule has 1 atom stereocenters. The molecule has 1 unspecified atom stereocenters.